The molecule has 18 heavy (non-hydrogen) atoms. The van der Waals surface area contributed by atoms with Crippen molar-refractivity contribution in [1.29, 1.82) is 0 Å². The molecule has 2 N–H and O–H groups in total. The van der Waals surface area contributed by atoms with E-state index in [2.05, 4.69) is 15.6 Å². The first-order valence-corrected chi connectivity index (χ1v) is 7.64. The maximum Gasteiger partial charge on any atom is 0.191 e. The van der Waals surface area contributed by atoms with Gasteiger partial charge in [0.2, 0.25) is 0 Å². The number of hydrogen-bond acceptors (Lipinski definition) is 3. The molecular formula is C11H26IN3O2S. The monoisotopic (exact) mass is 391 g/mol. The highest BCUT2D eigenvalue weighted by molar-refractivity contribution is 14.0. The zero-order chi connectivity index (χ0) is 13.5. The van der Waals surface area contributed by atoms with Crippen LogP contribution < -0.4 is 10.6 Å². The summed E-state index contributed by atoms with van der Waals surface area (Å²) < 4.78 is 23.0. The Morgan fingerprint density at radius 3 is 1.89 bits per heavy atom. The molecule has 0 unspecified atom stereocenters. The summed E-state index contributed by atoms with van der Waals surface area (Å²) in [6.45, 7) is 10.9. The first-order chi connectivity index (χ1) is 7.74. The molecular weight excluding hydrogens is 365 g/mol. The molecule has 0 aromatic carbocycles. The van der Waals surface area contributed by atoms with Crippen molar-refractivity contribution in [3.05, 3.63) is 0 Å². The molecule has 0 saturated heterocycles. The number of guanidine groups is 1. The number of aliphatic imine (C=N–C) groups is 1. The quantitative estimate of drug-likeness (QED) is 0.422. The van der Waals surface area contributed by atoms with Gasteiger partial charge in [-0.3, -0.25) is 4.99 Å². The van der Waals surface area contributed by atoms with Gasteiger partial charge < -0.3 is 10.6 Å². The molecule has 0 aliphatic heterocycles. The Hall–Kier alpha value is -0.0500. The van der Waals surface area contributed by atoms with Gasteiger partial charge in [0.1, 0.15) is 0 Å². The van der Waals surface area contributed by atoms with E-state index in [-0.39, 0.29) is 36.3 Å². The molecule has 0 aliphatic carbocycles. The van der Waals surface area contributed by atoms with Gasteiger partial charge in [0.25, 0.3) is 0 Å². The molecule has 0 heterocycles. The minimum Gasteiger partial charge on any atom is -0.357 e. The molecule has 7 heteroatoms. The topological polar surface area (TPSA) is 70.6 Å². The largest absolute Gasteiger partial charge is 0.357 e. The Balaban J connectivity index is 0. The minimum atomic E-state index is -3.09. The molecule has 0 amide bonds. The van der Waals surface area contributed by atoms with Crippen molar-refractivity contribution >= 4 is 39.8 Å². The molecule has 0 aromatic heterocycles. The van der Waals surface area contributed by atoms with Crippen LogP contribution in [0, 0.1) is 0 Å². The Morgan fingerprint density at radius 1 is 1.11 bits per heavy atom. The maximum absolute atomic E-state index is 11.8. The predicted molar refractivity (Wildman–Crippen MR) is 88.6 cm³/mol. The van der Waals surface area contributed by atoms with Crippen molar-refractivity contribution in [3.63, 3.8) is 0 Å². The Morgan fingerprint density at radius 2 is 1.56 bits per heavy atom. The Labute approximate surface area is 128 Å². The van der Waals surface area contributed by atoms with Gasteiger partial charge in [-0.2, -0.15) is 0 Å². The number of hydrogen-bond donors (Lipinski definition) is 2. The van der Waals surface area contributed by atoms with E-state index >= 15 is 0 Å². The van der Waals surface area contributed by atoms with E-state index in [1.165, 1.54) is 0 Å². The van der Waals surface area contributed by atoms with Crippen LogP contribution in [-0.4, -0.2) is 44.5 Å². The molecule has 0 radical (unpaired) electrons. The molecule has 0 rings (SSSR count). The van der Waals surface area contributed by atoms with E-state index in [9.17, 15) is 8.42 Å². The summed E-state index contributed by atoms with van der Waals surface area (Å²) in [6.07, 6.45) is 0. The first kappa shape index (κ1) is 20.3. The summed E-state index contributed by atoms with van der Waals surface area (Å²) in [6, 6.07) is 0. The number of nitrogens with one attached hydrogen (secondary N) is 2. The van der Waals surface area contributed by atoms with Gasteiger partial charge in [-0.15, -0.1) is 24.0 Å². The van der Waals surface area contributed by atoms with E-state index < -0.39 is 14.6 Å². The number of rotatable bonds is 5. The van der Waals surface area contributed by atoms with Crippen LogP contribution >= 0.6 is 24.0 Å². The van der Waals surface area contributed by atoms with Gasteiger partial charge in [0.15, 0.2) is 15.8 Å². The van der Waals surface area contributed by atoms with Crippen LogP contribution in [0.1, 0.15) is 34.6 Å². The first-order valence-electron chi connectivity index (χ1n) is 5.99. The van der Waals surface area contributed by atoms with Crippen LogP contribution in [0.25, 0.3) is 0 Å². The molecule has 0 saturated carbocycles. The van der Waals surface area contributed by atoms with Crippen LogP contribution in [0.4, 0.5) is 0 Å². The average molecular weight is 391 g/mol. The normalized spacial score (nSPS) is 11.4. The fourth-order valence-corrected chi connectivity index (χ4v) is 2.04. The lowest BCUT2D eigenvalue weighted by molar-refractivity contribution is 0.560. The van der Waals surface area contributed by atoms with Crippen molar-refractivity contribution in [2.24, 2.45) is 4.99 Å². The van der Waals surface area contributed by atoms with Crippen molar-refractivity contribution in [3.8, 4) is 0 Å². The van der Waals surface area contributed by atoms with Crippen molar-refractivity contribution < 1.29 is 8.42 Å². The fourth-order valence-electron chi connectivity index (χ4n) is 1.09. The van der Waals surface area contributed by atoms with Gasteiger partial charge in [-0.05, 0) is 34.6 Å². The van der Waals surface area contributed by atoms with E-state index in [1.54, 1.807) is 20.8 Å². The van der Waals surface area contributed by atoms with Crippen LogP contribution in [-0.2, 0) is 9.84 Å². The number of sulfone groups is 1. The number of halogens is 1. The predicted octanol–water partition coefficient (Wildman–Crippen LogP) is 1.39. The molecule has 0 atom stereocenters. The summed E-state index contributed by atoms with van der Waals surface area (Å²) in [7, 11) is -3.09. The van der Waals surface area contributed by atoms with E-state index in [4.69, 9.17) is 0 Å². The zero-order valence-electron chi connectivity index (χ0n) is 11.9. The molecule has 0 aromatic rings. The molecule has 0 bridgehead atoms. The average Bonchev–Trinajstić information content (AvgIpc) is 2.16. The van der Waals surface area contributed by atoms with E-state index in [1.807, 2.05) is 13.8 Å². The van der Waals surface area contributed by atoms with Gasteiger partial charge in [-0.1, -0.05) is 0 Å². The van der Waals surface area contributed by atoms with Crippen LogP contribution in [0.2, 0.25) is 0 Å². The van der Waals surface area contributed by atoms with Crippen LogP contribution in [0.5, 0.6) is 0 Å². The lowest BCUT2D eigenvalue weighted by Crippen LogP contribution is -2.38. The summed E-state index contributed by atoms with van der Waals surface area (Å²) in [5.74, 6) is 0.746. The SMILES string of the molecule is CCNC(=NCCS(=O)(=O)C(C)(C)C)NCC.I. The zero-order valence-corrected chi connectivity index (χ0v) is 15.1. The third kappa shape index (κ3) is 7.40. The Bertz CT molecular complexity index is 340. The van der Waals surface area contributed by atoms with E-state index in [0.29, 0.717) is 5.96 Å². The smallest absolute Gasteiger partial charge is 0.191 e. The summed E-state index contributed by atoms with van der Waals surface area (Å²) in [5, 5.41) is 6.11. The standard InChI is InChI=1S/C11H25N3O2S.HI/c1-6-12-10(13-7-2)14-8-9-17(15,16)11(3,4)5;/h6-9H2,1-5H3,(H2,12,13,14);1H. The van der Waals surface area contributed by atoms with Gasteiger partial charge in [0.05, 0.1) is 17.0 Å². The third-order valence-corrected chi connectivity index (χ3v) is 4.84. The van der Waals surface area contributed by atoms with Crippen LogP contribution in [0.3, 0.4) is 0 Å². The lowest BCUT2D eigenvalue weighted by Gasteiger charge is -2.18. The van der Waals surface area contributed by atoms with Gasteiger partial charge in [-0.25, -0.2) is 8.42 Å². The number of nitrogens with zero attached hydrogens (tertiary/aromatic N) is 1. The highest BCUT2D eigenvalue weighted by Crippen LogP contribution is 2.15. The second kappa shape index (κ2) is 8.95. The fraction of sp³-hybridized carbons (Fsp3) is 0.909. The maximum atomic E-state index is 11.8. The van der Waals surface area contributed by atoms with Gasteiger partial charge in [0, 0.05) is 13.1 Å². The lowest BCUT2D eigenvalue weighted by atomic mass is 10.3. The minimum absolute atomic E-state index is 0. The third-order valence-electron chi connectivity index (χ3n) is 2.25. The van der Waals surface area contributed by atoms with Crippen molar-refractivity contribution in [1.82, 2.24) is 10.6 Å². The van der Waals surface area contributed by atoms with Gasteiger partial charge >= 0.3 is 0 Å². The van der Waals surface area contributed by atoms with Crippen molar-refractivity contribution in [2.45, 2.75) is 39.4 Å². The summed E-state index contributed by atoms with van der Waals surface area (Å²) in [4.78, 5) is 4.22. The molecule has 5 nitrogen and oxygen atoms in total. The molecule has 0 aliphatic rings. The Kier molecular flexibility index (Phi) is 10.1. The molecule has 0 spiro atoms. The van der Waals surface area contributed by atoms with Crippen molar-refractivity contribution in [2.75, 3.05) is 25.4 Å². The summed E-state index contributed by atoms with van der Waals surface area (Å²) in [5.41, 5.74) is 0. The summed E-state index contributed by atoms with van der Waals surface area (Å²) >= 11 is 0. The van der Waals surface area contributed by atoms with E-state index in [0.717, 1.165) is 13.1 Å². The highest BCUT2D eigenvalue weighted by atomic mass is 127. The van der Waals surface area contributed by atoms with Crippen LogP contribution in [0.15, 0.2) is 4.99 Å². The second-order valence-corrected chi connectivity index (χ2v) is 7.58. The second-order valence-electron chi connectivity index (χ2n) is 4.72. The molecule has 110 valence electrons. The highest BCUT2D eigenvalue weighted by Gasteiger charge is 2.28. The molecule has 0 fully saturated rings.